The second-order valence-corrected chi connectivity index (χ2v) is 20.8. The molecule has 3 rings (SSSR count). The number of nitrogens with one attached hydrogen (secondary N) is 1. The van der Waals surface area contributed by atoms with E-state index in [4.69, 9.17) is 20.8 Å². The number of rotatable bonds is 11. The van der Waals surface area contributed by atoms with Gasteiger partial charge < -0.3 is 13.7 Å². The molecule has 1 N–H and O–H groups in total. The molecule has 0 aliphatic rings. The van der Waals surface area contributed by atoms with E-state index in [1.54, 1.807) is 6.20 Å². The molecule has 3 aromatic rings. The number of pyridine rings is 1. The largest absolute Gasteiger partial charge is 0.598 e. The Morgan fingerprint density at radius 2 is 1.71 bits per heavy atom. The fourth-order valence-electron chi connectivity index (χ4n) is 3.46. The van der Waals surface area contributed by atoms with Crippen molar-refractivity contribution in [2.24, 2.45) is 0 Å². The van der Waals surface area contributed by atoms with E-state index in [1.807, 2.05) is 69.3 Å². The van der Waals surface area contributed by atoms with Crippen molar-refractivity contribution in [2.75, 3.05) is 6.61 Å². The third-order valence-corrected chi connectivity index (χ3v) is 14.7. The van der Waals surface area contributed by atoms with Crippen LogP contribution in [0.4, 0.5) is 0 Å². The Hall–Kier alpha value is -1.80. The number of nitrogens with zero attached hydrogens (tertiary/aromatic N) is 1. The van der Waals surface area contributed by atoms with Crippen LogP contribution in [-0.4, -0.2) is 29.2 Å². The average Bonchev–Trinajstić information content (AvgIpc) is 2.92. The first-order chi connectivity index (χ1) is 19.7. The molecule has 226 valence electrons. The average molecular weight is 643 g/mol. The molecule has 1 unspecified atom stereocenters. The van der Waals surface area contributed by atoms with E-state index in [0.29, 0.717) is 31.4 Å². The Kier molecular flexibility index (Phi) is 12.6. The molecule has 1 atom stereocenters. The lowest BCUT2D eigenvalue weighted by Gasteiger charge is -2.36. The molecule has 2 aromatic carbocycles. The predicted octanol–water partition coefficient (Wildman–Crippen LogP) is 8.53. The van der Waals surface area contributed by atoms with Crippen molar-refractivity contribution in [3.63, 3.8) is 0 Å². The molecular formula is C33H43ClN2O3S2Si. The maximum Gasteiger partial charge on any atom is 0.192 e. The van der Waals surface area contributed by atoms with Crippen molar-refractivity contribution in [3.05, 3.63) is 88.1 Å². The molecule has 0 aliphatic heterocycles. The van der Waals surface area contributed by atoms with Gasteiger partial charge in [0.05, 0.1) is 24.8 Å². The Bertz CT molecular complexity index is 1380. The molecular weight excluding hydrogens is 600 g/mol. The molecule has 0 saturated heterocycles. The van der Waals surface area contributed by atoms with E-state index in [0.717, 1.165) is 32.2 Å². The SMILES string of the molecule is CC(C)(C)[S+]([O-])NCc1cc(C#CCOCc2ccccc2)cc(Cl)c1Sc1ncccc1CO[Si](C)(C)C(C)(C)C. The van der Waals surface area contributed by atoms with Crippen molar-refractivity contribution in [1.82, 2.24) is 9.71 Å². The highest BCUT2D eigenvalue weighted by Gasteiger charge is 2.37. The Morgan fingerprint density at radius 3 is 2.38 bits per heavy atom. The second kappa shape index (κ2) is 15.3. The zero-order valence-corrected chi connectivity index (χ0v) is 29.4. The van der Waals surface area contributed by atoms with Crippen LogP contribution in [0.5, 0.6) is 0 Å². The zero-order chi connectivity index (χ0) is 31.0. The van der Waals surface area contributed by atoms with Crippen LogP contribution in [0.15, 0.2) is 70.7 Å². The van der Waals surface area contributed by atoms with Gasteiger partial charge in [-0.15, -0.1) is 4.72 Å². The van der Waals surface area contributed by atoms with Crippen LogP contribution in [0.1, 0.15) is 63.8 Å². The van der Waals surface area contributed by atoms with Gasteiger partial charge in [-0.05, 0) is 68.2 Å². The molecule has 0 bridgehead atoms. The van der Waals surface area contributed by atoms with E-state index < -0.39 is 24.4 Å². The number of hydrogen-bond donors (Lipinski definition) is 1. The van der Waals surface area contributed by atoms with E-state index in [1.165, 1.54) is 11.8 Å². The summed E-state index contributed by atoms with van der Waals surface area (Å²) in [5, 5.41) is 1.51. The van der Waals surface area contributed by atoms with Crippen molar-refractivity contribution in [1.29, 1.82) is 0 Å². The molecule has 0 radical (unpaired) electrons. The van der Waals surface area contributed by atoms with Crippen LogP contribution in [-0.2, 0) is 40.3 Å². The lowest BCUT2D eigenvalue weighted by molar-refractivity contribution is 0.153. The normalized spacial score (nSPS) is 13.0. The van der Waals surface area contributed by atoms with Gasteiger partial charge >= 0.3 is 0 Å². The molecule has 5 nitrogen and oxygen atoms in total. The first-order valence-electron chi connectivity index (χ1n) is 14.0. The molecule has 0 fully saturated rings. The van der Waals surface area contributed by atoms with Crippen molar-refractivity contribution in [3.8, 4) is 11.8 Å². The molecule has 0 aliphatic carbocycles. The van der Waals surface area contributed by atoms with E-state index in [2.05, 4.69) is 61.5 Å². The maximum absolute atomic E-state index is 12.8. The van der Waals surface area contributed by atoms with Gasteiger partial charge in [0.15, 0.2) is 8.32 Å². The molecule has 0 amide bonds. The summed E-state index contributed by atoms with van der Waals surface area (Å²) in [4.78, 5) is 5.54. The van der Waals surface area contributed by atoms with Gasteiger partial charge in [0.25, 0.3) is 0 Å². The highest BCUT2D eigenvalue weighted by Crippen LogP contribution is 2.40. The summed E-state index contributed by atoms with van der Waals surface area (Å²) >= 11 is 7.15. The molecule has 42 heavy (non-hydrogen) atoms. The number of hydrogen-bond acceptors (Lipinski definition) is 6. The Labute approximate surface area is 266 Å². The Morgan fingerprint density at radius 1 is 1.00 bits per heavy atom. The third-order valence-electron chi connectivity index (χ3n) is 7.03. The summed E-state index contributed by atoms with van der Waals surface area (Å²) < 4.78 is 27.9. The van der Waals surface area contributed by atoms with Crippen molar-refractivity contribution < 1.29 is 13.7 Å². The van der Waals surface area contributed by atoms with Crippen LogP contribution in [0.2, 0.25) is 23.2 Å². The highest BCUT2D eigenvalue weighted by atomic mass is 35.5. The second-order valence-electron chi connectivity index (χ2n) is 12.5. The Balaban J connectivity index is 1.84. The van der Waals surface area contributed by atoms with Gasteiger partial charge in [-0.2, -0.15) is 0 Å². The fraction of sp³-hybridized carbons (Fsp3) is 0.424. The van der Waals surface area contributed by atoms with E-state index in [-0.39, 0.29) is 5.04 Å². The van der Waals surface area contributed by atoms with Crippen molar-refractivity contribution >= 4 is 43.0 Å². The molecule has 0 saturated carbocycles. The smallest absolute Gasteiger partial charge is 0.192 e. The number of halogens is 1. The van der Waals surface area contributed by atoms with Crippen molar-refractivity contribution in [2.45, 2.75) is 94.1 Å². The minimum Gasteiger partial charge on any atom is -0.598 e. The first kappa shape index (κ1) is 34.7. The van der Waals surface area contributed by atoms with Gasteiger partial charge in [-0.25, -0.2) is 4.98 Å². The maximum atomic E-state index is 12.8. The molecule has 9 heteroatoms. The summed E-state index contributed by atoms with van der Waals surface area (Å²) in [6.45, 7) is 18.7. The highest BCUT2D eigenvalue weighted by molar-refractivity contribution is 7.99. The van der Waals surface area contributed by atoms with Crippen LogP contribution in [0.3, 0.4) is 0 Å². The van der Waals surface area contributed by atoms with Crippen LogP contribution < -0.4 is 4.72 Å². The van der Waals surface area contributed by atoms with Crippen LogP contribution in [0.25, 0.3) is 0 Å². The lowest BCUT2D eigenvalue weighted by atomic mass is 10.1. The van der Waals surface area contributed by atoms with Gasteiger partial charge in [0.2, 0.25) is 0 Å². The number of ether oxygens (including phenoxy) is 1. The zero-order valence-electron chi connectivity index (χ0n) is 26.0. The van der Waals surface area contributed by atoms with E-state index >= 15 is 0 Å². The summed E-state index contributed by atoms with van der Waals surface area (Å²) in [5.74, 6) is 6.27. The minimum absolute atomic E-state index is 0.108. The standard InChI is InChI=1S/C33H43ClN2O3S2Si/c1-32(2,3)41(37)36-22-28-20-26(16-13-19-38-23-25-14-10-9-11-15-25)21-29(34)30(28)40-31-27(17-12-18-35-31)24-39-42(7,8)33(4,5)6/h9-12,14-15,17-18,20-21,36H,19,22-24H2,1-8H3. The molecule has 1 heterocycles. The monoisotopic (exact) mass is 642 g/mol. The van der Waals surface area contributed by atoms with Gasteiger partial charge in [0.1, 0.15) is 16.4 Å². The molecule has 1 aromatic heterocycles. The summed E-state index contributed by atoms with van der Waals surface area (Å²) in [5.41, 5.74) is 3.79. The van der Waals surface area contributed by atoms with Crippen LogP contribution >= 0.6 is 23.4 Å². The quantitative estimate of drug-likeness (QED) is 0.0979. The first-order valence-corrected chi connectivity index (χ1v) is 19.3. The summed E-state index contributed by atoms with van der Waals surface area (Å²) in [6.07, 6.45) is 1.79. The minimum atomic E-state index is -1.95. The number of benzene rings is 2. The predicted molar refractivity (Wildman–Crippen MR) is 180 cm³/mol. The van der Waals surface area contributed by atoms with E-state index in [9.17, 15) is 4.55 Å². The van der Waals surface area contributed by atoms with Crippen LogP contribution in [0, 0.1) is 11.8 Å². The van der Waals surface area contributed by atoms with Gasteiger partial charge in [-0.1, -0.05) is 92.4 Å². The lowest BCUT2D eigenvalue weighted by Crippen LogP contribution is -2.40. The van der Waals surface area contributed by atoms with Gasteiger partial charge in [-0.3, -0.25) is 0 Å². The summed E-state index contributed by atoms with van der Waals surface area (Å²) in [7, 11) is -1.95. The molecule has 0 spiro atoms. The summed E-state index contributed by atoms with van der Waals surface area (Å²) in [6, 6.07) is 17.9. The third kappa shape index (κ3) is 10.4. The van der Waals surface area contributed by atoms with Gasteiger partial charge in [0, 0.05) is 33.6 Å². The number of aromatic nitrogens is 1. The topological polar surface area (TPSA) is 66.4 Å². The fourth-order valence-corrected chi connectivity index (χ4v) is 6.46.